The molecule has 1 amide bonds. The van der Waals surface area contributed by atoms with Gasteiger partial charge in [-0.05, 0) is 48.5 Å². The molecular weight excluding hydrogens is 413 g/mol. The second-order valence-corrected chi connectivity index (χ2v) is 8.34. The van der Waals surface area contributed by atoms with Crippen molar-refractivity contribution in [3.63, 3.8) is 0 Å². The van der Waals surface area contributed by atoms with E-state index in [1.54, 1.807) is 12.1 Å². The highest BCUT2D eigenvalue weighted by molar-refractivity contribution is 7.22. The number of piperazine rings is 1. The van der Waals surface area contributed by atoms with E-state index in [0.29, 0.717) is 37.5 Å². The summed E-state index contributed by atoms with van der Waals surface area (Å²) >= 11 is 1.48. The number of aromatic nitrogens is 1. The molecule has 4 aromatic rings. The van der Waals surface area contributed by atoms with E-state index in [4.69, 9.17) is 4.74 Å². The van der Waals surface area contributed by atoms with Gasteiger partial charge in [-0.1, -0.05) is 35.6 Å². The number of carbonyl (C=O) groups excluding carboxylic acids is 1. The van der Waals surface area contributed by atoms with Gasteiger partial charge in [-0.3, -0.25) is 4.79 Å². The van der Waals surface area contributed by atoms with Gasteiger partial charge >= 0.3 is 0 Å². The smallest absolute Gasteiger partial charge is 0.254 e. The van der Waals surface area contributed by atoms with Gasteiger partial charge in [0.05, 0.1) is 10.2 Å². The summed E-state index contributed by atoms with van der Waals surface area (Å²) in [5.41, 5.74) is 1.41. The van der Waals surface area contributed by atoms with Crippen molar-refractivity contribution >= 4 is 32.6 Å². The zero-order valence-corrected chi connectivity index (χ0v) is 17.5. The van der Waals surface area contributed by atoms with Crippen molar-refractivity contribution in [3.8, 4) is 11.5 Å². The van der Waals surface area contributed by atoms with Gasteiger partial charge in [0, 0.05) is 31.7 Å². The van der Waals surface area contributed by atoms with Gasteiger partial charge in [0.2, 0.25) is 0 Å². The molecule has 0 atom stereocenters. The van der Waals surface area contributed by atoms with Crippen LogP contribution in [-0.4, -0.2) is 42.0 Å². The van der Waals surface area contributed by atoms with E-state index in [1.807, 2.05) is 53.4 Å². The van der Waals surface area contributed by atoms with Crippen molar-refractivity contribution < 1.29 is 13.9 Å². The minimum absolute atomic E-state index is 0.00969. The number of amides is 1. The van der Waals surface area contributed by atoms with Crippen LogP contribution in [0.5, 0.6) is 11.5 Å². The molecule has 5 rings (SSSR count). The molecule has 0 bridgehead atoms. The average Bonchev–Trinajstić information content (AvgIpc) is 3.23. The Balaban J connectivity index is 1.25. The number of hydrogen-bond acceptors (Lipinski definition) is 5. The molecule has 0 radical (unpaired) electrons. The van der Waals surface area contributed by atoms with Crippen LogP contribution in [0.1, 0.15) is 10.4 Å². The van der Waals surface area contributed by atoms with Crippen LogP contribution in [0.3, 0.4) is 0 Å². The van der Waals surface area contributed by atoms with E-state index >= 15 is 0 Å². The Morgan fingerprint density at radius 2 is 1.68 bits per heavy atom. The van der Waals surface area contributed by atoms with Crippen LogP contribution >= 0.6 is 11.3 Å². The number of carbonyl (C=O) groups is 1. The van der Waals surface area contributed by atoms with Crippen LogP contribution in [0.25, 0.3) is 10.2 Å². The molecule has 3 aromatic carbocycles. The summed E-state index contributed by atoms with van der Waals surface area (Å²) in [4.78, 5) is 21.6. The lowest BCUT2D eigenvalue weighted by molar-refractivity contribution is 0.0746. The summed E-state index contributed by atoms with van der Waals surface area (Å²) in [5.74, 6) is 1.11. The maximum absolute atomic E-state index is 13.5. The largest absolute Gasteiger partial charge is 0.457 e. The molecule has 0 saturated carbocycles. The molecule has 1 aliphatic heterocycles. The molecule has 1 aromatic heterocycles. The lowest BCUT2D eigenvalue weighted by Crippen LogP contribution is -2.48. The molecule has 1 aliphatic rings. The Bertz CT molecular complexity index is 1220. The number of anilines is 1. The first-order valence-electron chi connectivity index (χ1n) is 10.1. The molecule has 0 aliphatic carbocycles. The predicted molar refractivity (Wildman–Crippen MR) is 121 cm³/mol. The maximum atomic E-state index is 13.5. The van der Waals surface area contributed by atoms with Gasteiger partial charge in [-0.2, -0.15) is 0 Å². The molecule has 7 heteroatoms. The van der Waals surface area contributed by atoms with E-state index in [0.717, 1.165) is 21.1 Å². The van der Waals surface area contributed by atoms with Gasteiger partial charge in [-0.15, -0.1) is 0 Å². The van der Waals surface area contributed by atoms with Crippen LogP contribution in [0.15, 0.2) is 72.8 Å². The Morgan fingerprint density at radius 1 is 0.903 bits per heavy atom. The number of nitrogens with zero attached hydrogens (tertiary/aromatic N) is 3. The third-order valence-corrected chi connectivity index (χ3v) is 6.32. The van der Waals surface area contributed by atoms with E-state index in [9.17, 15) is 9.18 Å². The van der Waals surface area contributed by atoms with E-state index in [-0.39, 0.29) is 11.7 Å². The third-order valence-electron chi connectivity index (χ3n) is 5.24. The average molecular weight is 434 g/mol. The zero-order chi connectivity index (χ0) is 21.2. The second kappa shape index (κ2) is 8.35. The minimum atomic E-state index is -0.253. The Hall–Kier alpha value is -3.45. The minimum Gasteiger partial charge on any atom is -0.457 e. The van der Waals surface area contributed by atoms with Crippen molar-refractivity contribution in [1.82, 2.24) is 9.88 Å². The van der Waals surface area contributed by atoms with Gasteiger partial charge < -0.3 is 14.5 Å². The predicted octanol–water partition coefficient (Wildman–Crippen LogP) is 5.19. The molecule has 0 N–H and O–H groups in total. The molecule has 156 valence electrons. The summed E-state index contributed by atoms with van der Waals surface area (Å²) in [5, 5.41) is 0.867. The van der Waals surface area contributed by atoms with Crippen LogP contribution in [0.2, 0.25) is 0 Å². The fourth-order valence-electron chi connectivity index (χ4n) is 3.62. The third kappa shape index (κ3) is 4.22. The highest BCUT2D eigenvalue weighted by Gasteiger charge is 2.24. The van der Waals surface area contributed by atoms with Gasteiger partial charge in [0.1, 0.15) is 17.3 Å². The summed E-state index contributed by atoms with van der Waals surface area (Å²) in [6.07, 6.45) is 0. The summed E-state index contributed by atoms with van der Waals surface area (Å²) in [6.45, 7) is 2.59. The lowest BCUT2D eigenvalue weighted by Gasteiger charge is -2.34. The van der Waals surface area contributed by atoms with Gasteiger partial charge in [0.15, 0.2) is 5.13 Å². The Morgan fingerprint density at radius 3 is 2.48 bits per heavy atom. The quantitative estimate of drug-likeness (QED) is 0.444. The van der Waals surface area contributed by atoms with Crippen LogP contribution in [0.4, 0.5) is 9.52 Å². The standard InChI is InChI=1S/C24H20FN3O2S/c25-18-9-10-21-22(16-18)31-24(26-21)28-13-11-27(12-14-28)23(29)17-5-4-8-20(15-17)30-19-6-2-1-3-7-19/h1-10,15-16H,11-14H2. The van der Waals surface area contributed by atoms with E-state index in [2.05, 4.69) is 9.88 Å². The number of benzene rings is 3. The van der Waals surface area contributed by atoms with Crippen molar-refractivity contribution in [2.75, 3.05) is 31.1 Å². The Labute approximate surface area is 183 Å². The van der Waals surface area contributed by atoms with Crippen molar-refractivity contribution in [2.24, 2.45) is 0 Å². The molecule has 1 saturated heterocycles. The van der Waals surface area contributed by atoms with E-state index in [1.165, 1.54) is 23.5 Å². The molecule has 1 fully saturated rings. The Kier molecular flexibility index (Phi) is 5.26. The molecule has 0 unspecified atom stereocenters. The van der Waals surface area contributed by atoms with Crippen molar-refractivity contribution in [1.29, 1.82) is 0 Å². The number of para-hydroxylation sites is 1. The number of halogens is 1. The van der Waals surface area contributed by atoms with Gasteiger partial charge in [-0.25, -0.2) is 9.37 Å². The van der Waals surface area contributed by atoms with E-state index < -0.39 is 0 Å². The maximum Gasteiger partial charge on any atom is 0.254 e. The van der Waals surface area contributed by atoms with Crippen LogP contribution < -0.4 is 9.64 Å². The highest BCUT2D eigenvalue weighted by atomic mass is 32.1. The molecule has 5 nitrogen and oxygen atoms in total. The molecular formula is C24H20FN3O2S. The molecule has 0 spiro atoms. The van der Waals surface area contributed by atoms with Crippen LogP contribution in [0, 0.1) is 5.82 Å². The fraction of sp³-hybridized carbons (Fsp3) is 0.167. The highest BCUT2D eigenvalue weighted by Crippen LogP contribution is 2.30. The first-order chi connectivity index (χ1) is 15.2. The number of fused-ring (bicyclic) bond motifs is 1. The number of ether oxygens (including phenoxy) is 1. The first kappa shape index (κ1) is 19.5. The monoisotopic (exact) mass is 433 g/mol. The number of rotatable bonds is 4. The normalized spacial score (nSPS) is 14.1. The van der Waals surface area contributed by atoms with Gasteiger partial charge in [0.25, 0.3) is 5.91 Å². The SMILES string of the molecule is O=C(c1cccc(Oc2ccccc2)c1)N1CCN(c2nc3ccc(F)cc3s2)CC1. The molecule has 31 heavy (non-hydrogen) atoms. The molecule has 2 heterocycles. The summed E-state index contributed by atoms with van der Waals surface area (Å²) in [7, 11) is 0. The lowest BCUT2D eigenvalue weighted by atomic mass is 10.1. The second-order valence-electron chi connectivity index (χ2n) is 7.33. The first-order valence-corrected chi connectivity index (χ1v) is 10.9. The number of hydrogen-bond donors (Lipinski definition) is 0. The number of thiazole rings is 1. The zero-order valence-electron chi connectivity index (χ0n) is 16.7. The van der Waals surface area contributed by atoms with Crippen molar-refractivity contribution in [2.45, 2.75) is 0 Å². The summed E-state index contributed by atoms with van der Waals surface area (Å²) in [6, 6.07) is 21.4. The fourth-order valence-corrected chi connectivity index (χ4v) is 4.66. The van der Waals surface area contributed by atoms with Crippen molar-refractivity contribution in [3.05, 3.63) is 84.2 Å². The summed E-state index contributed by atoms with van der Waals surface area (Å²) < 4.78 is 20.1. The topological polar surface area (TPSA) is 45.7 Å². The van der Waals surface area contributed by atoms with Crippen LogP contribution in [-0.2, 0) is 0 Å².